The Labute approximate surface area is 128 Å². The highest BCUT2D eigenvalue weighted by Gasteiger charge is 2.27. The predicted octanol–water partition coefficient (Wildman–Crippen LogP) is 1.48. The van der Waals surface area contributed by atoms with Gasteiger partial charge in [0.1, 0.15) is 0 Å². The van der Waals surface area contributed by atoms with Crippen molar-refractivity contribution in [1.29, 1.82) is 0 Å². The van der Waals surface area contributed by atoms with Crippen LogP contribution in [0.25, 0.3) is 0 Å². The zero-order valence-electron chi connectivity index (χ0n) is 11.8. The van der Waals surface area contributed by atoms with E-state index in [1.807, 2.05) is 4.83 Å². The largest absolute Gasteiger partial charge is 0.289 e. The standard InChI is InChI=1S/C13H17N3O5S/c17-13(10-6-2-1-3-7-10)14-15-22(20,21)12-9-5-4-8-11(12)16(18)19/h4-5,8-10,15H,1-3,6-7H2,(H,14,17). The van der Waals surface area contributed by atoms with Crippen molar-refractivity contribution in [3.63, 3.8) is 0 Å². The number of para-hydroxylation sites is 1. The normalized spacial score (nSPS) is 16.2. The van der Waals surface area contributed by atoms with Crippen molar-refractivity contribution >= 4 is 21.6 Å². The maximum atomic E-state index is 12.1. The monoisotopic (exact) mass is 327 g/mol. The number of hydrogen-bond acceptors (Lipinski definition) is 5. The maximum Gasteiger partial charge on any atom is 0.289 e. The molecule has 1 fully saturated rings. The van der Waals surface area contributed by atoms with Crippen LogP contribution in [0, 0.1) is 16.0 Å². The van der Waals surface area contributed by atoms with Gasteiger partial charge in [-0.15, -0.1) is 4.83 Å². The Hall–Kier alpha value is -2.00. The molecule has 0 aliphatic heterocycles. The Bertz CT molecular complexity index is 668. The molecule has 1 saturated carbocycles. The SMILES string of the molecule is O=C(NNS(=O)(=O)c1ccccc1[N+](=O)[O-])C1CCCCC1. The van der Waals surface area contributed by atoms with Gasteiger partial charge in [-0.3, -0.25) is 20.3 Å². The third-order valence-corrected chi connectivity index (χ3v) is 4.93. The highest BCUT2D eigenvalue weighted by Crippen LogP contribution is 2.24. The summed E-state index contributed by atoms with van der Waals surface area (Å²) in [7, 11) is -4.19. The molecular weight excluding hydrogens is 310 g/mol. The molecule has 0 unspecified atom stereocenters. The first-order chi connectivity index (χ1) is 10.4. The van der Waals surface area contributed by atoms with Gasteiger partial charge in [0.25, 0.3) is 15.7 Å². The molecule has 2 N–H and O–H groups in total. The first-order valence-electron chi connectivity index (χ1n) is 6.97. The molecule has 0 radical (unpaired) electrons. The van der Waals surface area contributed by atoms with Crippen LogP contribution in [0.1, 0.15) is 32.1 Å². The zero-order chi connectivity index (χ0) is 16.2. The van der Waals surface area contributed by atoms with Gasteiger partial charge < -0.3 is 0 Å². The highest BCUT2D eigenvalue weighted by atomic mass is 32.2. The predicted molar refractivity (Wildman–Crippen MR) is 78.1 cm³/mol. The minimum Gasteiger partial charge on any atom is -0.277 e. The molecule has 1 aliphatic carbocycles. The summed E-state index contributed by atoms with van der Waals surface area (Å²) in [6, 6.07) is 4.97. The molecule has 22 heavy (non-hydrogen) atoms. The van der Waals surface area contributed by atoms with Crippen LogP contribution in [-0.2, 0) is 14.8 Å². The molecule has 2 rings (SSSR count). The molecule has 9 heteroatoms. The molecule has 0 atom stereocenters. The summed E-state index contributed by atoms with van der Waals surface area (Å²) < 4.78 is 24.2. The van der Waals surface area contributed by atoms with Crippen LogP contribution < -0.4 is 10.3 Å². The Morgan fingerprint density at radius 2 is 1.82 bits per heavy atom. The quantitative estimate of drug-likeness (QED) is 0.627. The van der Waals surface area contributed by atoms with Gasteiger partial charge in [0.15, 0.2) is 4.90 Å². The van der Waals surface area contributed by atoms with Crippen molar-refractivity contribution < 1.29 is 18.1 Å². The number of carbonyl (C=O) groups is 1. The van der Waals surface area contributed by atoms with Crippen LogP contribution in [0.3, 0.4) is 0 Å². The van der Waals surface area contributed by atoms with E-state index in [1.165, 1.54) is 12.1 Å². The second kappa shape index (κ2) is 6.84. The average molecular weight is 327 g/mol. The number of nitrogens with zero attached hydrogens (tertiary/aromatic N) is 1. The number of rotatable bonds is 5. The van der Waals surface area contributed by atoms with Crippen molar-refractivity contribution in [2.45, 2.75) is 37.0 Å². The van der Waals surface area contributed by atoms with E-state index < -0.39 is 31.4 Å². The first-order valence-corrected chi connectivity index (χ1v) is 8.45. The van der Waals surface area contributed by atoms with E-state index in [0.717, 1.165) is 44.2 Å². The summed E-state index contributed by atoms with van der Waals surface area (Å²) >= 11 is 0. The first kappa shape index (κ1) is 16.4. The summed E-state index contributed by atoms with van der Waals surface area (Å²) in [5.74, 6) is -0.621. The van der Waals surface area contributed by atoms with E-state index in [2.05, 4.69) is 5.43 Å². The van der Waals surface area contributed by atoms with Crippen molar-refractivity contribution in [2.75, 3.05) is 0 Å². The van der Waals surface area contributed by atoms with Gasteiger partial charge in [-0.2, -0.15) is 0 Å². The minimum atomic E-state index is -4.19. The second-order valence-electron chi connectivity index (χ2n) is 5.15. The molecule has 1 amide bonds. The second-order valence-corrected chi connectivity index (χ2v) is 6.81. The third kappa shape index (κ3) is 3.80. The fourth-order valence-corrected chi connectivity index (χ4v) is 3.50. The van der Waals surface area contributed by atoms with Crippen molar-refractivity contribution in [3.8, 4) is 0 Å². The van der Waals surface area contributed by atoms with E-state index in [0.29, 0.717) is 0 Å². The summed E-state index contributed by atoms with van der Waals surface area (Å²) in [6.45, 7) is 0. The van der Waals surface area contributed by atoms with Gasteiger partial charge >= 0.3 is 0 Å². The molecule has 120 valence electrons. The maximum absolute atomic E-state index is 12.1. The number of nitro groups is 1. The smallest absolute Gasteiger partial charge is 0.277 e. The van der Waals surface area contributed by atoms with Gasteiger partial charge in [-0.25, -0.2) is 8.42 Å². The Kier molecular flexibility index (Phi) is 5.09. The zero-order valence-corrected chi connectivity index (χ0v) is 12.6. The number of sulfonamides is 1. The lowest BCUT2D eigenvalue weighted by Crippen LogP contribution is -2.44. The van der Waals surface area contributed by atoms with Crippen LogP contribution in [0.4, 0.5) is 5.69 Å². The molecule has 0 spiro atoms. The average Bonchev–Trinajstić information content (AvgIpc) is 2.53. The van der Waals surface area contributed by atoms with Crippen LogP contribution >= 0.6 is 0 Å². The molecule has 0 heterocycles. The van der Waals surface area contributed by atoms with E-state index in [9.17, 15) is 23.3 Å². The Morgan fingerprint density at radius 1 is 1.18 bits per heavy atom. The van der Waals surface area contributed by atoms with E-state index in [-0.39, 0.29) is 5.92 Å². The van der Waals surface area contributed by atoms with Crippen LogP contribution in [0.2, 0.25) is 0 Å². The highest BCUT2D eigenvalue weighted by molar-refractivity contribution is 7.89. The molecule has 0 aromatic heterocycles. The number of carbonyl (C=O) groups excluding carboxylic acids is 1. The summed E-state index contributed by atoms with van der Waals surface area (Å²) in [4.78, 5) is 23.5. The van der Waals surface area contributed by atoms with Crippen molar-refractivity contribution in [3.05, 3.63) is 34.4 Å². The molecule has 1 aromatic rings. The lowest BCUT2D eigenvalue weighted by molar-refractivity contribution is -0.387. The van der Waals surface area contributed by atoms with Crippen molar-refractivity contribution in [1.82, 2.24) is 10.3 Å². The molecule has 0 saturated heterocycles. The van der Waals surface area contributed by atoms with Gasteiger partial charge in [0, 0.05) is 12.0 Å². The summed E-state index contributed by atoms with van der Waals surface area (Å²) in [6.07, 6.45) is 4.40. The van der Waals surface area contributed by atoms with E-state index >= 15 is 0 Å². The lowest BCUT2D eigenvalue weighted by atomic mass is 9.89. The topological polar surface area (TPSA) is 118 Å². The molecule has 1 aliphatic rings. The Balaban J connectivity index is 2.08. The molecule has 8 nitrogen and oxygen atoms in total. The Morgan fingerprint density at radius 3 is 2.45 bits per heavy atom. The summed E-state index contributed by atoms with van der Waals surface area (Å²) in [5.41, 5.74) is 1.62. The number of nitro benzene ring substituents is 1. The lowest BCUT2D eigenvalue weighted by Gasteiger charge is -2.20. The van der Waals surface area contributed by atoms with Gasteiger partial charge in [0.2, 0.25) is 5.91 Å². The number of benzene rings is 1. The van der Waals surface area contributed by atoms with Crippen molar-refractivity contribution in [2.24, 2.45) is 5.92 Å². The van der Waals surface area contributed by atoms with Gasteiger partial charge in [0.05, 0.1) is 4.92 Å². The van der Waals surface area contributed by atoms with Gasteiger partial charge in [-0.05, 0) is 18.9 Å². The van der Waals surface area contributed by atoms with Crippen LogP contribution in [0.5, 0.6) is 0 Å². The number of amides is 1. The van der Waals surface area contributed by atoms with Crippen LogP contribution in [-0.4, -0.2) is 19.2 Å². The summed E-state index contributed by atoms with van der Waals surface area (Å²) in [5, 5.41) is 10.9. The third-order valence-electron chi connectivity index (χ3n) is 3.64. The van der Waals surface area contributed by atoms with Crippen LogP contribution in [0.15, 0.2) is 29.2 Å². The van der Waals surface area contributed by atoms with E-state index in [4.69, 9.17) is 0 Å². The fraction of sp³-hybridized carbons (Fsp3) is 0.462. The number of hydrogen-bond donors (Lipinski definition) is 2. The number of hydrazine groups is 1. The molecule has 0 bridgehead atoms. The van der Waals surface area contributed by atoms with E-state index in [1.54, 1.807) is 0 Å². The minimum absolute atomic E-state index is 0.220. The molecule has 1 aromatic carbocycles. The fourth-order valence-electron chi connectivity index (χ4n) is 2.47. The van der Waals surface area contributed by atoms with Gasteiger partial charge in [-0.1, -0.05) is 31.4 Å². The number of nitrogens with one attached hydrogen (secondary N) is 2. The molecular formula is C13H17N3O5S.